The average molecular weight is 362 g/mol. The van der Waals surface area contributed by atoms with Crippen molar-refractivity contribution in [2.75, 3.05) is 13.2 Å². The van der Waals surface area contributed by atoms with Gasteiger partial charge in [-0.05, 0) is 31.9 Å². The maximum atomic E-state index is 12.8. The van der Waals surface area contributed by atoms with Crippen LogP contribution in [-0.2, 0) is 19.1 Å². The summed E-state index contributed by atoms with van der Waals surface area (Å²) in [6.07, 6.45) is 0.901. The Kier molecular flexibility index (Phi) is 6.71. The lowest BCUT2D eigenvalue weighted by molar-refractivity contribution is -0.150. The molecule has 0 radical (unpaired) electrons. The highest BCUT2D eigenvalue weighted by Crippen LogP contribution is 2.27. The van der Waals surface area contributed by atoms with Crippen molar-refractivity contribution in [2.45, 2.75) is 38.3 Å². The number of esters is 1. The molecular weight excluding hydrogens is 340 g/mol. The third-order valence-corrected chi connectivity index (χ3v) is 3.89. The zero-order valence-corrected chi connectivity index (χ0v) is 14.5. The van der Waals surface area contributed by atoms with E-state index >= 15 is 0 Å². The molecule has 2 amide bonds. The summed E-state index contributed by atoms with van der Waals surface area (Å²) in [5, 5.41) is 11.6. The molecule has 2 N–H and O–H groups in total. The van der Waals surface area contributed by atoms with Crippen LogP contribution < -0.4 is 5.32 Å². The highest BCUT2D eigenvalue weighted by molar-refractivity contribution is 5.99. The largest absolute Gasteiger partial charge is 0.481 e. The first-order valence-corrected chi connectivity index (χ1v) is 8.46. The van der Waals surface area contributed by atoms with Crippen molar-refractivity contribution in [3.8, 4) is 0 Å². The second-order valence-corrected chi connectivity index (χ2v) is 5.99. The number of carboxylic acids is 1. The van der Waals surface area contributed by atoms with Gasteiger partial charge in [-0.25, -0.2) is 0 Å². The molecule has 26 heavy (non-hydrogen) atoms. The molecule has 0 aliphatic heterocycles. The molecule has 8 nitrogen and oxygen atoms in total. The number of nitrogens with zero attached hydrogens (tertiary/aromatic N) is 1. The van der Waals surface area contributed by atoms with Crippen molar-refractivity contribution < 1.29 is 29.0 Å². The van der Waals surface area contributed by atoms with Crippen LogP contribution >= 0.6 is 0 Å². The van der Waals surface area contributed by atoms with Crippen LogP contribution in [0.15, 0.2) is 30.3 Å². The number of carbonyl (C=O) groups is 4. The summed E-state index contributed by atoms with van der Waals surface area (Å²) in [5.41, 5.74) is 0.319. The summed E-state index contributed by atoms with van der Waals surface area (Å²) in [6.45, 7) is 1.60. The maximum Gasteiger partial charge on any atom is 0.325 e. The van der Waals surface area contributed by atoms with Crippen LogP contribution in [0.1, 0.15) is 36.5 Å². The first-order valence-electron chi connectivity index (χ1n) is 8.46. The highest BCUT2D eigenvalue weighted by Gasteiger charge is 2.38. The summed E-state index contributed by atoms with van der Waals surface area (Å²) < 4.78 is 4.88. The number of amides is 2. The van der Waals surface area contributed by atoms with Crippen molar-refractivity contribution in [1.29, 1.82) is 0 Å². The predicted molar refractivity (Wildman–Crippen MR) is 91.3 cm³/mol. The van der Waals surface area contributed by atoms with E-state index in [1.54, 1.807) is 37.3 Å². The molecule has 140 valence electrons. The Balaban J connectivity index is 2.12. The second-order valence-electron chi connectivity index (χ2n) is 5.99. The van der Waals surface area contributed by atoms with Gasteiger partial charge in [-0.1, -0.05) is 18.2 Å². The normalized spacial score (nSPS) is 14.2. The maximum absolute atomic E-state index is 12.8. The number of rotatable bonds is 9. The van der Waals surface area contributed by atoms with Gasteiger partial charge in [0.1, 0.15) is 12.6 Å². The van der Waals surface area contributed by atoms with Crippen LogP contribution in [0, 0.1) is 0 Å². The molecule has 0 heterocycles. The molecule has 2 rings (SSSR count). The first-order chi connectivity index (χ1) is 12.4. The van der Waals surface area contributed by atoms with Gasteiger partial charge in [0, 0.05) is 11.6 Å². The van der Waals surface area contributed by atoms with Gasteiger partial charge in [0.25, 0.3) is 5.91 Å². The van der Waals surface area contributed by atoms with E-state index in [2.05, 4.69) is 5.32 Å². The topological polar surface area (TPSA) is 113 Å². The van der Waals surface area contributed by atoms with E-state index in [1.807, 2.05) is 0 Å². The number of ether oxygens (including phenoxy) is 1. The minimum atomic E-state index is -1.25. The quantitative estimate of drug-likeness (QED) is 0.629. The number of hydrogen-bond acceptors (Lipinski definition) is 5. The Morgan fingerprint density at radius 3 is 2.42 bits per heavy atom. The summed E-state index contributed by atoms with van der Waals surface area (Å²) in [4.78, 5) is 49.3. The van der Waals surface area contributed by atoms with Gasteiger partial charge in [-0.3, -0.25) is 19.2 Å². The monoisotopic (exact) mass is 362 g/mol. The highest BCUT2D eigenvalue weighted by atomic mass is 16.5. The van der Waals surface area contributed by atoms with Crippen molar-refractivity contribution >= 4 is 23.8 Å². The standard InChI is InChI=1S/C18H22N2O6/c1-2-26-16(23)11-20(13-8-9-13)18(25)14(10-15(21)22)19-17(24)12-6-4-3-5-7-12/h3-7,13-14H,2,8-11H2,1H3,(H,19,24)(H,21,22)/t14-/m0/s1. The van der Waals surface area contributed by atoms with Crippen LogP contribution in [0.3, 0.4) is 0 Å². The molecule has 1 aliphatic carbocycles. The van der Waals surface area contributed by atoms with Crippen LogP contribution in [0.2, 0.25) is 0 Å². The van der Waals surface area contributed by atoms with Gasteiger partial charge < -0.3 is 20.1 Å². The van der Waals surface area contributed by atoms with Gasteiger partial charge >= 0.3 is 11.9 Å². The van der Waals surface area contributed by atoms with Gasteiger partial charge in [-0.2, -0.15) is 0 Å². The molecule has 0 aromatic heterocycles. The third-order valence-electron chi connectivity index (χ3n) is 3.89. The van der Waals surface area contributed by atoms with Crippen molar-refractivity contribution in [3.63, 3.8) is 0 Å². The zero-order chi connectivity index (χ0) is 19.1. The minimum Gasteiger partial charge on any atom is -0.481 e. The molecule has 1 aromatic rings. The number of benzene rings is 1. The molecule has 0 bridgehead atoms. The fourth-order valence-electron chi connectivity index (χ4n) is 2.52. The van der Waals surface area contributed by atoms with E-state index in [1.165, 1.54) is 4.90 Å². The number of aliphatic carboxylic acids is 1. The number of carboxylic acid groups (broad SMARTS) is 1. The zero-order valence-electron chi connectivity index (χ0n) is 14.5. The Hall–Kier alpha value is -2.90. The van der Waals surface area contributed by atoms with Gasteiger partial charge in [-0.15, -0.1) is 0 Å². The third kappa shape index (κ3) is 5.58. The smallest absolute Gasteiger partial charge is 0.325 e. The van der Waals surface area contributed by atoms with Crippen LogP contribution in [0.25, 0.3) is 0 Å². The van der Waals surface area contributed by atoms with Gasteiger partial charge in [0.05, 0.1) is 13.0 Å². The Morgan fingerprint density at radius 1 is 1.23 bits per heavy atom. The molecule has 1 atom stereocenters. The van der Waals surface area contributed by atoms with Crippen LogP contribution in [0.5, 0.6) is 0 Å². The minimum absolute atomic E-state index is 0.128. The van der Waals surface area contributed by atoms with Crippen molar-refractivity contribution in [2.24, 2.45) is 0 Å². The molecular formula is C18H22N2O6. The van der Waals surface area contributed by atoms with Gasteiger partial charge in [0.15, 0.2) is 0 Å². The fraction of sp³-hybridized carbons (Fsp3) is 0.444. The fourth-order valence-corrected chi connectivity index (χ4v) is 2.52. The Morgan fingerprint density at radius 2 is 1.88 bits per heavy atom. The molecule has 1 fully saturated rings. The van der Waals surface area contributed by atoms with Crippen molar-refractivity contribution in [3.05, 3.63) is 35.9 Å². The molecule has 0 unspecified atom stereocenters. The van der Waals surface area contributed by atoms with E-state index in [0.717, 1.165) is 12.8 Å². The van der Waals surface area contributed by atoms with Gasteiger partial charge in [0.2, 0.25) is 5.91 Å². The van der Waals surface area contributed by atoms with E-state index in [9.17, 15) is 19.2 Å². The summed E-state index contributed by atoms with van der Waals surface area (Å²) >= 11 is 0. The lowest BCUT2D eigenvalue weighted by Crippen LogP contribution is -2.51. The second kappa shape index (κ2) is 8.98. The average Bonchev–Trinajstić information content (AvgIpc) is 3.44. The Bertz CT molecular complexity index is 672. The SMILES string of the molecule is CCOC(=O)CN(C(=O)[C@H](CC(=O)O)NC(=O)c1ccccc1)C1CC1. The summed E-state index contributed by atoms with van der Waals surface area (Å²) in [5.74, 6) is -2.91. The Labute approximate surface area is 151 Å². The molecule has 1 aromatic carbocycles. The van der Waals surface area contributed by atoms with E-state index < -0.39 is 36.2 Å². The van der Waals surface area contributed by atoms with E-state index in [4.69, 9.17) is 9.84 Å². The molecule has 0 saturated heterocycles. The lowest BCUT2D eigenvalue weighted by atomic mass is 10.1. The molecule has 1 saturated carbocycles. The predicted octanol–water partition coefficient (Wildman–Crippen LogP) is 0.814. The number of nitrogens with one attached hydrogen (secondary N) is 1. The summed E-state index contributed by atoms with van der Waals surface area (Å²) in [7, 11) is 0. The van der Waals surface area contributed by atoms with Crippen LogP contribution in [0.4, 0.5) is 0 Å². The molecule has 1 aliphatic rings. The van der Waals surface area contributed by atoms with E-state index in [-0.39, 0.29) is 19.2 Å². The lowest BCUT2D eigenvalue weighted by Gasteiger charge is -2.26. The van der Waals surface area contributed by atoms with Crippen molar-refractivity contribution in [1.82, 2.24) is 10.2 Å². The summed E-state index contributed by atoms with van der Waals surface area (Å²) in [6, 6.07) is 6.82. The number of carbonyl (C=O) groups excluding carboxylic acids is 3. The molecule has 8 heteroatoms. The molecule has 0 spiro atoms. The number of hydrogen-bond donors (Lipinski definition) is 2. The first kappa shape index (κ1) is 19.4. The van der Waals surface area contributed by atoms with Crippen LogP contribution in [-0.4, -0.2) is 59.0 Å². The van der Waals surface area contributed by atoms with E-state index in [0.29, 0.717) is 5.56 Å².